The topological polar surface area (TPSA) is 218 Å². The summed E-state index contributed by atoms with van der Waals surface area (Å²) in [6.45, 7) is 10.2. The highest BCUT2D eigenvalue weighted by Gasteiger charge is 2.27. The van der Waals surface area contributed by atoms with Crippen LogP contribution in [0.5, 0.6) is 11.5 Å². The number of benzene rings is 5. The average Bonchev–Trinajstić information content (AvgIpc) is 3.29. The number of alkyl halides is 3. The molecule has 0 fully saturated rings. The van der Waals surface area contributed by atoms with Gasteiger partial charge in [-0.1, -0.05) is 35.3 Å². The molecule has 5 rings (SSSR count). The van der Waals surface area contributed by atoms with Crippen LogP contribution in [-0.4, -0.2) is 60.5 Å². The standard InChI is InChI=1S/C49H47Cl5N8O8/c1-7-69-40-13-9-11-38(42(40)25(3)51)57-46(65)29-17-32(53)22-35(19-29)59-61-44(27(5)63)48(67)55-34-15-16-37(31(21-34)24-50)56-49(68)45(28(6)64)62-60-36-20-30(18-33(54)23-36)47(66)58-39-12-10-14-41(70-8-2)43(39)26(4)52/h9-23,25-26,44-45H,7-8,24H2,1-6H3,(H,55,67)(H,56,68)(H,57,65)(H,58,66). The van der Waals surface area contributed by atoms with Gasteiger partial charge in [-0.15, -0.1) is 34.8 Å². The highest BCUT2D eigenvalue weighted by Crippen LogP contribution is 2.38. The van der Waals surface area contributed by atoms with Gasteiger partial charge >= 0.3 is 0 Å². The van der Waals surface area contributed by atoms with Gasteiger partial charge in [0.15, 0.2) is 11.6 Å². The fourth-order valence-electron chi connectivity index (χ4n) is 6.81. The molecule has 4 N–H and O–H groups in total. The fourth-order valence-corrected chi connectivity index (χ4v) is 7.94. The Morgan fingerprint density at radius 1 is 0.571 bits per heavy atom. The monoisotopic (exact) mass is 1050 g/mol. The second-order valence-electron chi connectivity index (χ2n) is 15.3. The first-order valence-corrected chi connectivity index (χ1v) is 23.7. The van der Waals surface area contributed by atoms with Crippen LogP contribution in [0.25, 0.3) is 0 Å². The van der Waals surface area contributed by atoms with Crippen LogP contribution in [0, 0.1) is 0 Å². The molecule has 0 saturated heterocycles. The van der Waals surface area contributed by atoms with Crippen molar-refractivity contribution in [3.8, 4) is 11.5 Å². The predicted molar refractivity (Wildman–Crippen MR) is 274 cm³/mol. The lowest BCUT2D eigenvalue weighted by Gasteiger charge is -2.17. The Balaban J connectivity index is 1.27. The lowest BCUT2D eigenvalue weighted by molar-refractivity contribution is -0.127. The lowest BCUT2D eigenvalue weighted by Crippen LogP contribution is -2.32. The number of nitrogens with one attached hydrogen (secondary N) is 4. The molecular weight excluding hydrogens is 1010 g/mol. The number of Topliss-reactive ketones (excluding diaryl/α,β-unsaturated/α-hetero) is 2. The molecule has 366 valence electrons. The number of nitrogens with zero attached hydrogens (tertiary/aromatic N) is 4. The van der Waals surface area contributed by atoms with E-state index in [1.807, 2.05) is 13.8 Å². The molecule has 70 heavy (non-hydrogen) atoms. The fraction of sp³-hybridized carbons (Fsp3) is 0.265. The summed E-state index contributed by atoms with van der Waals surface area (Å²) in [6, 6.07) is 19.7. The van der Waals surface area contributed by atoms with Crippen LogP contribution in [0.4, 0.5) is 34.1 Å². The van der Waals surface area contributed by atoms with Gasteiger partial charge in [0.25, 0.3) is 23.6 Å². The minimum atomic E-state index is -1.63. The van der Waals surface area contributed by atoms with E-state index in [-0.39, 0.29) is 49.8 Å². The van der Waals surface area contributed by atoms with Gasteiger partial charge in [-0.2, -0.15) is 20.5 Å². The van der Waals surface area contributed by atoms with Crippen molar-refractivity contribution in [3.05, 3.63) is 129 Å². The number of ether oxygens (including phenoxy) is 2. The van der Waals surface area contributed by atoms with Crippen LogP contribution in [0.2, 0.25) is 10.0 Å². The third-order valence-corrected chi connectivity index (χ3v) is 11.1. The summed E-state index contributed by atoms with van der Waals surface area (Å²) < 4.78 is 11.4. The number of azo groups is 2. The Morgan fingerprint density at radius 2 is 1.01 bits per heavy atom. The van der Waals surface area contributed by atoms with Gasteiger partial charge in [-0.25, -0.2) is 0 Å². The quantitative estimate of drug-likeness (QED) is 0.0314. The third kappa shape index (κ3) is 14.6. The summed E-state index contributed by atoms with van der Waals surface area (Å²) in [4.78, 5) is 79.1. The second-order valence-corrected chi connectivity index (χ2v) is 17.7. The zero-order valence-electron chi connectivity index (χ0n) is 38.5. The molecule has 0 bridgehead atoms. The van der Waals surface area contributed by atoms with Crippen molar-refractivity contribution < 1.29 is 38.2 Å². The van der Waals surface area contributed by atoms with Crippen molar-refractivity contribution in [2.24, 2.45) is 20.5 Å². The van der Waals surface area contributed by atoms with Crippen molar-refractivity contribution in [3.63, 3.8) is 0 Å². The summed E-state index contributed by atoms with van der Waals surface area (Å²) in [7, 11) is 0. The zero-order chi connectivity index (χ0) is 51.2. The van der Waals surface area contributed by atoms with Gasteiger partial charge < -0.3 is 30.7 Å². The van der Waals surface area contributed by atoms with E-state index in [0.717, 1.165) is 13.8 Å². The molecular formula is C49H47Cl5N8O8. The molecule has 0 radical (unpaired) electrons. The first kappa shape index (κ1) is 54.5. The number of amides is 4. The van der Waals surface area contributed by atoms with Crippen LogP contribution in [0.3, 0.4) is 0 Å². The Kier molecular flexibility index (Phi) is 19.8. The maximum Gasteiger partial charge on any atom is 0.258 e. The largest absolute Gasteiger partial charge is 0.493 e. The molecule has 4 unspecified atom stereocenters. The highest BCUT2D eigenvalue weighted by atomic mass is 35.5. The molecule has 0 saturated carbocycles. The van der Waals surface area contributed by atoms with Gasteiger partial charge in [-0.3, -0.25) is 28.8 Å². The Bertz CT molecular complexity index is 2860. The molecule has 21 heteroatoms. The number of anilines is 4. The summed E-state index contributed by atoms with van der Waals surface area (Å²) in [6.07, 6.45) is 0. The maximum atomic E-state index is 13.5. The molecule has 16 nitrogen and oxygen atoms in total. The lowest BCUT2D eigenvalue weighted by atomic mass is 10.1. The van der Waals surface area contributed by atoms with E-state index >= 15 is 0 Å². The van der Waals surface area contributed by atoms with Crippen LogP contribution < -0.4 is 30.7 Å². The minimum Gasteiger partial charge on any atom is -0.493 e. The molecule has 4 amide bonds. The van der Waals surface area contributed by atoms with E-state index in [9.17, 15) is 28.8 Å². The summed E-state index contributed by atoms with van der Waals surface area (Å²) >= 11 is 31.8. The van der Waals surface area contributed by atoms with Gasteiger partial charge in [0.05, 0.1) is 35.3 Å². The van der Waals surface area contributed by atoms with E-state index in [1.165, 1.54) is 54.6 Å². The predicted octanol–water partition coefficient (Wildman–Crippen LogP) is 13.0. The highest BCUT2D eigenvalue weighted by molar-refractivity contribution is 6.32. The first-order chi connectivity index (χ1) is 33.3. The SMILES string of the molecule is CCOc1cccc(NC(=O)c2cc(Cl)cc(N=NC(C(C)=O)C(=O)Nc3ccc(NC(=O)C(N=Nc4cc(Cl)cc(C(=O)Nc5cccc(OCC)c5C(C)Cl)c4)C(C)=O)c(CCl)c3)c2)c1C(C)Cl. The molecule has 5 aromatic rings. The number of rotatable bonds is 21. The van der Waals surface area contributed by atoms with E-state index in [2.05, 4.69) is 41.7 Å². The molecule has 0 spiro atoms. The smallest absolute Gasteiger partial charge is 0.258 e. The van der Waals surface area contributed by atoms with Gasteiger partial charge in [0.1, 0.15) is 11.5 Å². The van der Waals surface area contributed by atoms with E-state index in [0.29, 0.717) is 52.8 Å². The second kappa shape index (κ2) is 25.4. The number of ketones is 2. The number of halogens is 5. The maximum absolute atomic E-state index is 13.5. The minimum absolute atomic E-state index is 0.0763. The normalized spacial score (nSPS) is 13.0. The number of carbonyl (C=O) groups is 6. The van der Waals surface area contributed by atoms with Crippen molar-refractivity contribution >= 4 is 127 Å². The molecule has 0 heterocycles. The third-order valence-electron chi connectivity index (χ3n) is 9.93. The Morgan fingerprint density at radius 3 is 1.41 bits per heavy atom. The molecule has 0 aromatic heterocycles. The van der Waals surface area contributed by atoms with Gasteiger partial charge in [-0.05, 0) is 126 Å². The number of hydrogen-bond acceptors (Lipinski definition) is 12. The van der Waals surface area contributed by atoms with Gasteiger partial charge in [0, 0.05) is 60.9 Å². The van der Waals surface area contributed by atoms with Gasteiger partial charge in [0.2, 0.25) is 12.1 Å². The number of carbonyl (C=O) groups excluding carboxylic acids is 6. The zero-order valence-corrected chi connectivity index (χ0v) is 42.3. The van der Waals surface area contributed by atoms with E-state index in [1.54, 1.807) is 50.2 Å². The van der Waals surface area contributed by atoms with Crippen LogP contribution in [-0.2, 0) is 25.1 Å². The molecule has 0 aliphatic carbocycles. The Labute approximate surface area is 428 Å². The molecule has 4 atom stereocenters. The van der Waals surface area contributed by atoms with Crippen LogP contribution in [0.1, 0.15) is 89.7 Å². The molecule has 0 aliphatic heterocycles. The van der Waals surface area contributed by atoms with Crippen LogP contribution >= 0.6 is 58.0 Å². The summed E-state index contributed by atoms with van der Waals surface area (Å²) in [5, 5.41) is 26.2. The summed E-state index contributed by atoms with van der Waals surface area (Å²) in [5.74, 6) is -3.24. The van der Waals surface area contributed by atoms with E-state index in [4.69, 9.17) is 67.5 Å². The molecule has 5 aromatic carbocycles. The first-order valence-electron chi connectivity index (χ1n) is 21.5. The molecule has 0 aliphatic rings. The Hall–Kier alpha value is -6.43. The van der Waals surface area contributed by atoms with Crippen LogP contribution in [0.15, 0.2) is 111 Å². The van der Waals surface area contributed by atoms with Crippen molar-refractivity contribution in [1.82, 2.24) is 0 Å². The number of hydrogen-bond donors (Lipinski definition) is 4. The van der Waals surface area contributed by atoms with Crippen molar-refractivity contribution in [2.75, 3.05) is 34.5 Å². The average molecular weight is 1050 g/mol. The van der Waals surface area contributed by atoms with Crippen molar-refractivity contribution in [2.45, 2.75) is 70.3 Å². The van der Waals surface area contributed by atoms with E-state index < -0.39 is 58.0 Å². The summed E-state index contributed by atoms with van der Waals surface area (Å²) in [5.41, 5.74) is 3.07. The van der Waals surface area contributed by atoms with Crippen molar-refractivity contribution in [1.29, 1.82) is 0 Å².